The van der Waals surface area contributed by atoms with Crippen LogP contribution in [0.15, 0.2) is 46.0 Å². The quantitative estimate of drug-likeness (QED) is 0.607. The highest BCUT2D eigenvalue weighted by atomic mass is 16.5. The summed E-state index contributed by atoms with van der Waals surface area (Å²) in [7, 11) is 3.26. The van der Waals surface area contributed by atoms with Crippen LogP contribution in [0.5, 0.6) is 11.5 Å². The summed E-state index contributed by atoms with van der Waals surface area (Å²) in [6.45, 7) is 3.86. The number of methoxy groups -OCH3 is 2. The molecular formula is C17H23N3O3. The van der Waals surface area contributed by atoms with Crippen molar-refractivity contribution in [1.29, 1.82) is 0 Å². The Bertz CT molecular complexity index is 624. The summed E-state index contributed by atoms with van der Waals surface area (Å²) in [6, 6.07) is 9.55. The van der Waals surface area contributed by atoms with Gasteiger partial charge >= 0.3 is 0 Å². The molecule has 0 atom stereocenters. The fraction of sp³-hybridized carbons (Fsp3) is 0.353. The van der Waals surface area contributed by atoms with Crippen LogP contribution in [0.3, 0.4) is 0 Å². The maximum atomic E-state index is 5.43. The molecule has 0 bridgehead atoms. The first-order valence-corrected chi connectivity index (χ1v) is 7.53. The van der Waals surface area contributed by atoms with Gasteiger partial charge in [-0.15, -0.1) is 0 Å². The monoisotopic (exact) mass is 317 g/mol. The van der Waals surface area contributed by atoms with Gasteiger partial charge in [0.15, 0.2) is 17.5 Å². The van der Waals surface area contributed by atoms with Gasteiger partial charge in [-0.2, -0.15) is 0 Å². The van der Waals surface area contributed by atoms with Crippen LogP contribution < -0.4 is 20.1 Å². The molecule has 6 heteroatoms. The van der Waals surface area contributed by atoms with Gasteiger partial charge in [-0.1, -0.05) is 12.1 Å². The molecule has 2 aromatic rings. The van der Waals surface area contributed by atoms with Crippen LogP contribution in [0.2, 0.25) is 0 Å². The number of furan rings is 1. The van der Waals surface area contributed by atoms with Crippen molar-refractivity contribution in [2.75, 3.05) is 20.8 Å². The van der Waals surface area contributed by atoms with Crippen LogP contribution in [-0.2, 0) is 13.1 Å². The summed E-state index contributed by atoms with van der Waals surface area (Å²) >= 11 is 0. The molecule has 6 nitrogen and oxygen atoms in total. The zero-order chi connectivity index (χ0) is 16.5. The third kappa shape index (κ3) is 4.67. The van der Waals surface area contributed by atoms with Gasteiger partial charge < -0.3 is 24.5 Å². The SMILES string of the molecule is CCNC(=NCc1cccc(OC)c1OC)NCc1ccco1. The molecule has 0 aliphatic carbocycles. The molecule has 0 radical (unpaired) electrons. The first-order chi connectivity index (χ1) is 11.3. The Morgan fingerprint density at radius 1 is 1.13 bits per heavy atom. The lowest BCUT2D eigenvalue weighted by Crippen LogP contribution is -2.36. The van der Waals surface area contributed by atoms with Gasteiger partial charge in [0.1, 0.15) is 5.76 Å². The largest absolute Gasteiger partial charge is 0.493 e. The summed E-state index contributed by atoms with van der Waals surface area (Å²) in [5.74, 6) is 2.98. The number of hydrogen-bond donors (Lipinski definition) is 2. The van der Waals surface area contributed by atoms with E-state index in [2.05, 4.69) is 15.6 Å². The van der Waals surface area contributed by atoms with Gasteiger partial charge in [0.2, 0.25) is 0 Å². The van der Waals surface area contributed by atoms with Crippen LogP contribution in [0.4, 0.5) is 0 Å². The molecule has 124 valence electrons. The van der Waals surface area contributed by atoms with Crippen LogP contribution in [-0.4, -0.2) is 26.7 Å². The van der Waals surface area contributed by atoms with Crippen molar-refractivity contribution in [3.05, 3.63) is 47.9 Å². The lowest BCUT2D eigenvalue weighted by atomic mass is 10.2. The summed E-state index contributed by atoms with van der Waals surface area (Å²) in [6.07, 6.45) is 1.65. The number of nitrogens with zero attached hydrogens (tertiary/aromatic N) is 1. The molecule has 0 unspecified atom stereocenters. The van der Waals surface area contributed by atoms with Crippen molar-refractivity contribution in [2.24, 2.45) is 4.99 Å². The first kappa shape index (κ1) is 16.7. The highest BCUT2D eigenvalue weighted by Gasteiger charge is 2.09. The number of para-hydroxylation sites is 1. The van der Waals surface area contributed by atoms with Crippen LogP contribution >= 0.6 is 0 Å². The Morgan fingerprint density at radius 2 is 2.00 bits per heavy atom. The molecule has 0 aliphatic heterocycles. The van der Waals surface area contributed by atoms with Gasteiger partial charge in [-0.05, 0) is 25.1 Å². The van der Waals surface area contributed by atoms with Crippen molar-refractivity contribution in [2.45, 2.75) is 20.0 Å². The van der Waals surface area contributed by atoms with Crippen molar-refractivity contribution in [1.82, 2.24) is 10.6 Å². The van der Waals surface area contributed by atoms with Crippen LogP contribution in [0, 0.1) is 0 Å². The standard InChI is InChI=1S/C17H23N3O3/c1-4-18-17(20-12-14-8-6-10-23-14)19-11-13-7-5-9-15(21-2)16(13)22-3/h5-10H,4,11-12H2,1-3H3,(H2,18,19,20). The summed E-state index contributed by atoms with van der Waals surface area (Å²) in [4.78, 5) is 4.58. The van der Waals surface area contributed by atoms with Gasteiger partial charge in [0.05, 0.1) is 33.6 Å². The molecule has 0 aliphatic rings. The maximum Gasteiger partial charge on any atom is 0.191 e. The predicted octanol–water partition coefficient (Wildman–Crippen LogP) is 2.55. The molecule has 0 amide bonds. The van der Waals surface area contributed by atoms with E-state index >= 15 is 0 Å². The minimum absolute atomic E-state index is 0.480. The molecule has 2 N–H and O–H groups in total. The number of aliphatic imine (C=N–C) groups is 1. The third-order valence-corrected chi connectivity index (χ3v) is 3.25. The average Bonchev–Trinajstić information content (AvgIpc) is 3.10. The minimum Gasteiger partial charge on any atom is -0.493 e. The van der Waals surface area contributed by atoms with Gasteiger partial charge in [0.25, 0.3) is 0 Å². The molecule has 0 fully saturated rings. The Kier molecular flexibility index (Phi) is 6.35. The second-order valence-electron chi connectivity index (χ2n) is 4.78. The van der Waals surface area contributed by atoms with E-state index in [1.165, 1.54) is 0 Å². The number of ether oxygens (including phenoxy) is 2. The van der Waals surface area contributed by atoms with E-state index in [4.69, 9.17) is 13.9 Å². The zero-order valence-corrected chi connectivity index (χ0v) is 13.8. The van der Waals surface area contributed by atoms with Crippen molar-refractivity contribution < 1.29 is 13.9 Å². The molecule has 2 rings (SSSR count). The summed E-state index contributed by atoms with van der Waals surface area (Å²) in [5.41, 5.74) is 0.960. The van der Waals surface area contributed by atoms with E-state index in [-0.39, 0.29) is 0 Å². The van der Waals surface area contributed by atoms with Gasteiger partial charge in [-0.25, -0.2) is 4.99 Å². The Labute approximate surface area is 136 Å². The van der Waals surface area contributed by atoms with Gasteiger partial charge in [-0.3, -0.25) is 0 Å². The van der Waals surface area contributed by atoms with Crippen molar-refractivity contribution >= 4 is 5.96 Å². The molecule has 1 heterocycles. The Balaban J connectivity index is 2.07. The molecule has 23 heavy (non-hydrogen) atoms. The van der Waals surface area contributed by atoms with E-state index in [0.717, 1.165) is 17.9 Å². The van der Waals surface area contributed by atoms with E-state index in [1.54, 1.807) is 20.5 Å². The molecular weight excluding hydrogens is 294 g/mol. The smallest absolute Gasteiger partial charge is 0.191 e. The average molecular weight is 317 g/mol. The summed E-state index contributed by atoms with van der Waals surface area (Å²) < 4.78 is 16.0. The second kappa shape index (κ2) is 8.73. The third-order valence-electron chi connectivity index (χ3n) is 3.25. The normalized spacial score (nSPS) is 11.2. The number of hydrogen-bond acceptors (Lipinski definition) is 4. The molecule has 0 saturated carbocycles. The van der Waals surface area contributed by atoms with E-state index in [1.807, 2.05) is 37.3 Å². The number of guanidine groups is 1. The topological polar surface area (TPSA) is 68.0 Å². The van der Waals surface area contributed by atoms with Gasteiger partial charge in [0, 0.05) is 12.1 Å². The lowest BCUT2D eigenvalue weighted by molar-refractivity contribution is 0.352. The van der Waals surface area contributed by atoms with E-state index in [9.17, 15) is 0 Å². The van der Waals surface area contributed by atoms with Crippen molar-refractivity contribution in [3.63, 3.8) is 0 Å². The minimum atomic E-state index is 0.480. The second-order valence-corrected chi connectivity index (χ2v) is 4.78. The van der Waals surface area contributed by atoms with E-state index in [0.29, 0.717) is 30.5 Å². The predicted molar refractivity (Wildman–Crippen MR) is 89.9 cm³/mol. The highest BCUT2D eigenvalue weighted by Crippen LogP contribution is 2.30. The Hall–Kier alpha value is -2.63. The van der Waals surface area contributed by atoms with Crippen LogP contribution in [0.25, 0.3) is 0 Å². The highest BCUT2D eigenvalue weighted by molar-refractivity contribution is 5.79. The maximum absolute atomic E-state index is 5.43. The molecule has 0 saturated heterocycles. The zero-order valence-electron chi connectivity index (χ0n) is 13.8. The molecule has 1 aromatic heterocycles. The summed E-state index contributed by atoms with van der Waals surface area (Å²) in [5, 5.41) is 6.44. The fourth-order valence-corrected chi connectivity index (χ4v) is 2.17. The molecule has 0 spiro atoms. The number of benzene rings is 1. The fourth-order valence-electron chi connectivity index (χ4n) is 2.17. The number of nitrogens with one attached hydrogen (secondary N) is 2. The first-order valence-electron chi connectivity index (χ1n) is 7.53. The molecule has 1 aromatic carbocycles. The van der Waals surface area contributed by atoms with Crippen molar-refractivity contribution in [3.8, 4) is 11.5 Å². The van der Waals surface area contributed by atoms with E-state index < -0.39 is 0 Å². The Morgan fingerprint density at radius 3 is 2.65 bits per heavy atom. The van der Waals surface area contributed by atoms with Crippen LogP contribution in [0.1, 0.15) is 18.2 Å². The number of rotatable bonds is 7. The lowest BCUT2D eigenvalue weighted by Gasteiger charge is -2.13.